The van der Waals surface area contributed by atoms with Gasteiger partial charge in [-0.1, -0.05) is 51.1 Å². The van der Waals surface area contributed by atoms with E-state index in [2.05, 4.69) is 57.2 Å². The van der Waals surface area contributed by atoms with Crippen LogP contribution in [0.4, 0.5) is 17.2 Å². The number of thiazole rings is 1. The summed E-state index contributed by atoms with van der Waals surface area (Å²) in [7, 11) is 4.66. The summed E-state index contributed by atoms with van der Waals surface area (Å²) in [6.45, 7) is 7.46. The van der Waals surface area contributed by atoms with E-state index in [1.54, 1.807) is 73.9 Å². The number of nitrogens with one attached hydrogen (secondary N) is 6. The van der Waals surface area contributed by atoms with Crippen molar-refractivity contribution in [2.75, 3.05) is 64.3 Å². The minimum Gasteiger partial charge on any atom is -0.494 e. The van der Waals surface area contributed by atoms with Crippen molar-refractivity contribution in [3.8, 4) is 27.6 Å². The normalized spacial score (nSPS) is 14.8. The number of aromatic nitrogens is 6. The lowest BCUT2D eigenvalue weighted by Gasteiger charge is -2.35. The number of hydrogen-bond donors (Lipinski definition) is 7. The average Bonchev–Trinajstić information content (AvgIpc) is 4.11. The number of rotatable bonds is 23. The number of benzene rings is 2. The summed E-state index contributed by atoms with van der Waals surface area (Å²) in [5.41, 5.74) is 5.11. The third-order valence-electron chi connectivity index (χ3n) is 11.3. The number of aliphatic hydroxyl groups is 1. The second-order valence-electron chi connectivity index (χ2n) is 17.8. The van der Waals surface area contributed by atoms with Crippen molar-refractivity contribution >= 4 is 64.0 Å². The Morgan fingerprint density at radius 3 is 2.26 bits per heavy atom. The lowest BCUT2D eigenvalue weighted by molar-refractivity contribution is -0.144. The molecule has 0 bridgehead atoms. The first-order valence-corrected chi connectivity index (χ1v) is 24.0. The van der Waals surface area contributed by atoms with Gasteiger partial charge >= 0.3 is 0 Å². The maximum Gasteiger partial charge on any atom is 0.273 e. The lowest BCUT2D eigenvalue weighted by Crippen LogP contribution is -2.57. The highest BCUT2D eigenvalue weighted by molar-refractivity contribution is 7.13. The number of β-amino-alcohol motifs (C(OH)–C–C–N with tert-alkyl or cyclic N) is 1. The van der Waals surface area contributed by atoms with E-state index in [-0.39, 0.29) is 82.5 Å². The minimum atomic E-state index is -0.990. The zero-order valence-electron chi connectivity index (χ0n) is 41.2. The second-order valence-corrected chi connectivity index (χ2v) is 18.7. The van der Waals surface area contributed by atoms with Crippen LogP contribution in [0.15, 0.2) is 60.4 Å². The van der Waals surface area contributed by atoms with E-state index in [0.717, 1.165) is 21.7 Å². The van der Waals surface area contributed by atoms with Crippen molar-refractivity contribution in [1.29, 1.82) is 0 Å². The van der Waals surface area contributed by atoms with Gasteiger partial charge in [0.2, 0.25) is 29.5 Å². The van der Waals surface area contributed by atoms with Crippen LogP contribution in [0.3, 0.4) is 0 Å². The molecule has 1 aliphatic heterocycles. The maximum absolute atomic E-state index is 14.0. The molecular formula is C48H61N13O10S. The van der Waals surface area contributed by atoms with E-state index < -0.39 is 59.0 Å². The summed E-state index contributed by atoms with van der Waals surface area (Å²) in [5.74, 6) is -2.08. The fraction of sp³-hybridized carbons (Fsp3) is 0.438. The van der Waals surface area contributed by atoms with Gasteiger partial charge < -0.3 is 56.1 Å². The predicted molar refractivity (Wildman–Crippen MR) is 266 cm³/mol. The topological polar surface area (TPSA) is 295 Å². The third-order valence-corrected chi connectivity index (χ3v) is 12.3. The summed E-state index contributed by atoms with van der Waals surface area (Å²) >= 11 is 1.56. The van der Waals surface area contributed by atoms with Gasteiger partial charge in [0.15, 0.2) is 23.1 Å². The first kappa shape index (κ1) is 53.9. The van der Waals surface area contributed by atoms with Gasteiger partial charge in [0, 0.05) is 52.5 Å². The molecule has 1 aliphatic rings. The minimum absolute atomic E-state index is 0.00394. The van der Waals surface area contributed by atoms with Crippen molar-refractivity contribution < 1.29 is 48.1 Å². The highest BCUT2D eigenvalue weighted by Crippen LogP contribution is 2.37. The van der Waals surface area contributed by atoms with Gasteiger partial charge in [0.25, 0.3) is 5.91 Å². The number of anilines is 3. The fourth-order valence-corrected chi connectivity index (χ4v) is 8.40. The Labute approximate surface area is 420 Å². The van der Waals surface area contributed by atoms with E-state index in [9.17, 15) is 33.9 Å². The molecule has 3 atom stereocenters. The number of hydrogen-bond acceptors (Lipinski definition) is 17. The largest absolute Gasteiger partial charge is 0.494 e. The molecule has 0 spiro atoms. The number of methoxy groups -OCH3 is 1. The van der Waals surface area contributed by atoms with Gasteiger partial charge in [-0.15, -0.1) is 21.5 Å². The van der Waals surface area contributed by atoms with E-state index in [4.69, 9.17) is 14.2 Å². The zero-order valence-corrected chi connectivity index (χ0v) is 42.1. The molecule has 6 rings (SSSR count). The molecule has 384 valence electrons. The Morgan fingerprint density at radius 2 is 1.62 bits per heavy atom. The van der Waals surface area contributed by atoms with Crippen LogP contribution in [0.2, 0.25) is 0 Å². The molecule has 1 fully saturated rings. The van der Waals surface area contributed by atoms with E-state index in [1.165, 1.54) is 25.1 Å². The second kappa shape index (κ2) is 25.1. The van der Waals surface area contributed by atoms with Crippen molar-refractivity contribution in [1.82, 2.24) is 56.1 Å². The molecule has 72 heavy (non-hydrogen) atoms. The van der Waals surface area contributed by atoms with E-state index in [0.29, 0.717) is 22.8 Å². The Bertz CT molecular complexity index is 2710. The van der Waals surface area contributed by atoms with Crippen LogP contribution < -0.4 is 36.6 Å². The van der Waals surface area contributed by atoms with Gasteiger partial charge in [-0.05, 0) is 35.6 Å². The van der Waals surface area contributed by atoms with Gasteiger partial charge in [0.05, 0.1) is 79.2 Å². The first-order chi connectivity index (χ1) is 34.4. The van der Waals surface area contributed by atoms with Crippen molar-refractivity contribution in [2.24, 2.45) is 12.5 Å². The van der Waals surface area contributed by atoms with Gasteiger partial charge in [0.1, 0.15) is 18.4 Å². The number of amides is 6. The molecule has 0 unspecified atom stereocenters. The Hall–Kier alpha value is -7.41. The molecule has 0 saturated carbocycles. The molecule has 0 radical (unpaired) electrons. The number of nitrogens with zero attached hydrogens (tertiary/aromatic N) is 7. The number of likely N-dealkylation sites (tertiary alicyclic amines) is 1. The van der Waals surface area contributed by atoms with E-state index >= 15 is 0 Å². The summed E-state index contributed by atoms with van der Waals surface area (Å²) in [5, 5.41) is 39.3. The van der Waals surface area contributed by atoms with Crippen LogP contribution in [0.25, 0.3) is 21.8 Å². The fourth-order valence-electron chi connectivity index (χ4n) is 7.59. The molecule has 3 aromatic heterocycles. The summed E-state index contributed by atoms with van der Waals surface area (Å²) < 4.78 is 18.3. The Kier molecular flexibility index (Phi) is 18.8. The molecule has 6 amide bonds. The number of carbonyl (C=O) groups is 6. The molecule has 2 aromatic carbocycles. The summed E-state index contributed by atoms with van der Waals surface area (Å²) in [4.78, 5) is 89.5. The van der Waals surface area contributed by atoms with Crippen molar-refractivity contribution in [2.45, 2.75) is 71.7 Å². The van der Waals surface area contributed by atoms with Crippen LogP contribution in [0.5, 0.6) is 5.75 Å². The highest BCUT2D eigenvalue weighted by Gasteiger charge is 2.44. The molecule has 7 N–H and O–H groups in total. The number of ether oxygens (including phenoxy) is 3. The van der Waals surface area contributed by atoms with Crippen LogP contribution in [0.1, 0.15) is 61.8 Å². The predicted octanol–water partition coefficient (Wildman–Crippen LogP) is 2.49. The highest BCUT2D eigenvalue weighted by atomic mass is 32.1. The molecule has 23 nitrogen and oxygen atoms in total. The van der Waals surface area contributed by atoms with Gasteiger partial charge in [-0.2, -0.15) is 5.10 Å². The summed E-state index contributed by atoms with van der Waals surface area (Å²) in [6, 6.07) is 12.6. The molecular weight excluding hydrogens is 951 g/mol. The van der Waals surface area contributed by atoms with Gasteiger partial charge in [-0.3, -0.25) is 33.4 Å². The smallest absolute Gasteiger partial charge is 0.273 e. The first-order valence-electron chi connectivity index (χ1n) is 23.1. The van der Waals surface area contributed by atoms with E-state index in [1.807, 2.05) is 31.2 Å². The zero-order chi connectivity index (χ0) is 52.0. The quantitative estimate of drug-likeness (QED) is 0.0463. The van der Waals surface area contributed by atoms with Crippen molar-refractivity contribution in [3.05, 3.63) is 77.3 Å². The lowest BCUT2D eigenvalue weighted by atomic mass is 9.85. The standard InChI is InChI=1S/C48H61N13O10S/c1-28-42(72-27-53-28)30-13-11-29(12-14-30)23-51-45(66)35-21-31(62)25-61(35)47(68)43(48(2,3)4)56-38(64)16-18-71-20-19-70-17-15-37(63)50-24-39(65)55-36-22-34(40(58-57-36)46(67)49-5)54-33-10-8-9-32(41(33)69-7)44-52-26-60(6)59-44/h8-14,22,26-27,31,35,43,62H,15-21,23-25H2,1-7H3,(H,49,67)(H,50,63)(H,51,66)(H,56,64)(H2,54,55,57,65)/t31-,35+,43-/m1/s1. The van der Waals surface area contributed by atoms with Crippen LogP contribution in [-0.4, -0.2) is 147 Å². The van der Waals surface area contributed by atoms with Gasteiger partial charge in [-0.25, -0.2) is 9.97 Å². The monoisotopic (exact) mass is 1010 g/mol. The average molecular weight is 1010 g/mol. The van der Waals surface area contributed by atoms with Crippen LogP contribution in [-0.2, 0) is 47.0 Å². The molecule has 5 aromatic rings. The molecule has 1 saturated heterocycles. The number of aliphatic hydroxyl groups excluding tert-OH is 1. The van der Waals surface area contributed by atoms with Crippen LogP contribution >= 0.6 is 11.3 Å². The number of carbonyl (C=O) groups excluding carboxylic acids is 6. The molecule has 4 heterocycles. The molecule has 24 heteroatoms. The summed E-state index contributed by atoms with van der Waals surface area (Å²) in [6.07, 6.45) is 0.602. The van der Waals surface area contributed by atoms with Crippen molar-refractivity contribution in [3.63, 3.8) is 0 Å². The SMILES string of the molecule is CNC(=O)c1nnc(NC(=O)CNC(=O)CCOCCOCCC(=O)N[C@H](C(=O)N2C[C@H](O)C[C@H]2C(=O)NCc2ccc(-c3scnc3C)cc2)C(C)(C)C)cc1Nc1cccc(-c2ncn(C)n2)c1OC. The number of para-hydroxylation sites is 1. The Balaban J connectivity index is 0.882. The van der Waals surface area contributed by atoms with Crippen LogP contribution in [0, 0.1) is 12.3 Å². The maximum atomic E-state index is 14.0. The Morgan fingerprint density at radius 1 is 0.903 bits per heavy atom. The third kappa shape index (κ3) is 14.6. The number of aryl methyl sites for hydroxylation is 2. The molecule has 0 aliphatic carbocycles.